The summed E-state index contributed by atoms with van der Waals surface area (Å²) in [5, 5.41) is 4.03. The average molecular weight is 527 g/mol. The highest BCUT2D eigenvalue weighted by Crippen LogP contribution is 2.41. The van der Waals surface area contributed by atoms with E-state index in [9.17, 15) is 4.39 Å². The quantitative estimate of drug-likeness (QED) is 0.190. The monoisotopic (exact) mass is 526 g/mol. The SMILES string of the molecule is COc1ccc(CNc2ncccc2[C@@H](C)N2CCOc3nc(Cl)c(F)c4nc(SC)nc2c34)cc1. The number of methoxy groups -OCH3 is 1. The van der Waals surface area contributed by atoms with Gasteiger partial charge >= 0.3 is 0 Å². The number of pyridine rings is 2. The van der Waals surface area contributed by atoms with Crippen molar-refractivity contribution in [2.75, 3.05) is 36.7 Å². The molecule has 36 heavy (non-hydrogen) atoms. The second-order valence-electron chi connectivity index (χ2n) is 8.14. The van der Waals surface area contributed by atoms with Gasteiger partial charge in [-0.25, -0.2) is 19.3 Å². The van der Waals surface area contributed by atoms with Crippen molar-refractivity contribution in [1.82, 2.24) is 19.9 Å². The Kier molecular flexibility index (Phi) is 6.97. The first-order chi connectivity index (χ1) is 17.5. The molecule has 0 radical (unpaired) electrons. The third kappa shape index (κ3) is 4.58. The minimum absolute atomic E-state index is 0.0995. The van der Waals surface area contributed by atoms with Gasteiger partial charge < -0.3 is 19.7 Å². The van der Waals surface area contributed by atoms with Gasteiger partial charge in [0.1, 0.15) is 34.9 Å². The van der Waals surface area contributed by atoms with Crippen LogP contribution in [0.25, 0.3) is 10.9 Å². The van der Waals surface area contributed by atoms with Crippen molar-refractivity contribution in [1.29, 1.82) is 0 Å². The first kappa shape index (κ1) is 24.3. The number of nitrogens with zero attached hydrogens (tertiary/aromatic N) is 5. The highest BCUT2D eigenvalue weighted by molar-refractivity contribution is 7.98. The fourth-order valence-corrected chi connectivity index (χ4v) is 4.73. The Labute approximate surface area is 217 Å². The van der Waals surface area contributed by atoms with Crippen LogP contribution in [-0.4, -0.2) is 46.5 Å². The van der Waals surface area contributed by atoms with Crippen molar-refractivity contribution in [2.45, 2.75) is 24.7 Å². The fraction of sp³-hybridized carbons (Fsp3) is 0.280. The van der Waals surface area contributed by atoms with E-state index in [1.165, 1.54) is 11.8 Å². The summed E-state index contributed by atoms with van der Waals surface area (Å²) in [6, 6.07) is 11.6. The van der Waals surface area contributed by atoms with Gasteiger partial charge in [0, 0.05) is 18.3 Å². The van der Waals surface area contributed by atoms with Crippen LogP contribution in [0.3, 0.4) is 0 Å². The zero-order valence-electron chi connectivity index (χ0n) is 20.0. The maximum absolute atomic E-state index is 15.0. The van der Waals surface area contributed by atoms with Crippen molar-refractivity contribution in [3.63, 3.8) is 0 Å². The second kappa shape index (κ2) is 10.3. The molecule has 1 aromatic carbocycles. The van der Waals surface area contributed by atoms with E-state index in [2.05, 4.69) is 32.1 Å². The number of rotatable bonds is 7. The average Bonchev–Trinajstić information content (AvgIpc) is 3.10. The van der Waals surface area contributed by atoms with Crippen LogP contribution in [0, 0.1) is 5.82 Å². The normalized spacial score (nSPS) is 13.8. The van der Waals surface area contributed by atoms with E-state index in [4.69, 9.17) is 26.1 Å². The van der Waals surface area contributed by atoms with E-state index in [0.29, 0.717) is 36.1 Å². The molecule has 0 aliphatic carbocycles. The van der Waals surface area contributed by atoms with Crippen molar-refractivity contribution >= 4 is 45.9 Å². The van der Waals surface area contributed by atoms with E-state index >= 15 is 0 Å². The maximum Gasteiger partial charge on any atom is 0.228 e. The molecule has 0 spiro atoms. The van der Waals surface area contributed by atoms with Crippen LogP contribution in [-0.2, 0) is 6.54 Å². The molecule has 1 atom stereocenters. The molecular weight excluding hydrogens is 503 g/mol. The summed E-state index contributed by atoms with van der Waals surface area (Å²) >= 11 is 7.38. The van der Waals surface area contributed by atoms with Crippen LogP contribution in [0.2, 0.25) is 5.15 Å². The Morgan fingerprint density at radius 1 is 1.22 bits per heavy atom. The number of ether oxygens (including phenoxy) is 2. The lowest BCUT2D eigenvalue weighted by molar-refractivity contribution is 0.316. The minimum Gasteiger partial charge on any atom is -0.497 e. The van der Waals surface area contributed by atoms with Crippen LogP contribution in [0.4, 0.5) is 16.0 Å². The van der Waals surface area contributed by atoms with Gasteiger partial charge in [-0.3, -0.25) is 0 Å². The van der Waals surface area contributed by atoms with Gasteiger partial charge in [-0.1, -0.05) is 41.6 Å². The number of nitrogens with one attached hydrogen (secondary N) is 1. The summed E-state index contributed by atoms with van der Waals surface area (Å²) in [6.07, 6.45) is 3.60. The van der Waals surface area contributed by atoms with Crippen molar-refractivity contribution in [3.05, 3.63) is 64.7 Å². The molecule has 1 N–H and O–H groups in total. The molecule has 5 rings (SSSR count). The van der Waals surface area contributed by atoms with Crippen LogP contribution < -0.4 is 19.7 Å². The molecule has 0 amide bonds. The molecule has 0 bridgehead atoms. The molecule has 3 aromatic heterocycles. The first-order valence-electron chi connectivity index (χ1n) is 11.3. The van der Waals surface area contributed by atoms with E-state index in [-0.39, 0.29) is 22.6 Å². The summed E-state index contributed by atoms with van der Waals surface area (Å²) in [6.45, 7) is 3.49. The Morgan fingerprint density at radius 3 is 2.78 bits per heavy atom. The summed E-state index contributed by atoms with van der Waals surface area (Å²) in [5.74, 6) is 1.66. The van der Waals surface area contributed by atoms with Crippen molar-refractivity contribution in [2.24, 2.45) is 0 Å². The molecule has 1 aliphatic rings. The van der Waals surface area contributed by atoms with Crippen LogP contribution in [0.1, 0.15) is 24.1 Å². The predicted octanol–water partition coefficient (Wildman–Crippen LogP) is 5.51. The van der Waals surface area contributed by atoms with Gasteiger partial charge in [0.15, 0.2) is 16.1 Å². The van der Waals surface area contributed by atoms with E-state index < -0.39 is 5.82 Å². The molecule has 0 saturated carbocycles. The largest absolute Gasteiger partial charge is 0.497 e. The van der Waals surface area contributed by atoms with Crippen LogP contribution in [0.15, 0.2) is 47.8 Å². The molecule has 4 aromatic rings. The Bertz CT molecular complexity index is 1410. The number of aromatic nitrogens is 4. The van der Waals surface area contributed by atoms with Crippen LogP contribution >= 0.6 is 23.4 Å². The maximum atomic E-state index is 15.0. The highest BCUT2D eigenvalue weighted by Gasteiger charge is 2.30. The molecule has 8 nitrogen and oxygen atoms in total. The zero-order chi connectivity index (χ0) is 25.2. The second-order valence-corrected chi connectivity index (χ2v) is 9.27. The summed E-state index contributed by atoms with van der Waals surface area (Å²) in [4.78, 5) is 19.9. The van der Waals surface area contributed by atoms with E-state index in [1.54, 1.807) is 13.3 Å². The fourth-order valence-electron chi connectivity index (χ4n) is 4.20. The molecule has 0 unspecified atom stereocenters. The lowest BCUT2D eigenvalue weighted by Crippen LogP contribution is -2.31. The third-order valence-electron chi connectivity index (χ3n) is 6.07. The molecule has 4 heterocycles. The van der Waals surface area contributed by atoms with Crippen LogP contribution in [0.5, 0.6) is 11.6 Å². The molecule has 0 fully saturated rings. The lowest BCUT2D eigenvalue weighted by atomic mass is 10.1. The van der Waals surface area contributed by atoms with E-state index in [1.807, 2.05) is 42.7 Å². The smallest absolute Gasteiger partial charge is 0.228 e. The number of halogens is 2. The topological polar surface area (TPSA) is 85.3 Å². The Morgan fingerprint density at radius 2 is 2.03 bits per heavy atom. The van der Waals surface area contributed by atoms with Crippen molar-refractivity contribution < 1.29 is 13.9 Å². The van der Waals surface area contributed by atoms with Gasteiger partial charge in [0.2, 0.25) is 5.88 Å². The first-order valence-corrected chi connectivity index (χ1v) is 12.9. The summed E-state index contributed by atoms with van der Waals surface area (Å²) in [7, 11) is 1.65. The number of thioether (sulfide) groups is 1. The van der Waals surface area contributed by atoms with Crippen molar-refractivity contribution in [3.8, 4) is 11.6 Å². The van der Waals surface area contributed by atoms with E-state index in [0.717, 1.165) is 22.7 Å². The highest BCUT2D eigenvalue weighted by atomic mass is 35.5. The van der Waals surface area contributed by atoms with Gasteiger partial charge in [0.05, 0.1) is 19.7 Å². The Hall–Kier alpha value is -3.37. The van der Waals surface area contributed by atoms with Gasteiger partial charge in [-0.2, -0.15) is 4.98 Å². The molecule has 0 saturated heterocycles. The molecule has 186 valence electrons. The predicted molar refractivity (Wildman–Crippen MR) is 140 cm³/mol. The molecular formula is C25H24ClFN6O2S. The zero-order valence-corrected chi connectivity index (χ0v) is 21.5. The third-order valence-corrected chi connectivity index (χ3v) is 6.87. The lowest BCUT2D eigenvalue weighted by Gasteiger charge is -2.30. The Balaban J connectivity index is 1.52. The minimum atomic E-state index is -0.685. The van der Waals surface area contributed by atoms with Gasteiger partial charge in [0.25, 0.3) is 0 Å². The number of hydrogen-bond donors (Lipinski definition) is 1. The number of anilines is 2. The number of benzene rings is 1. The molecule has 1 aliphatic heterocycles. The standard InChI is InChI=1S/C25H24ClFN6O2S/c1-14(17-5-4-10-28-22(17)29-13-15-6-8-16(34-2)9-7-15)33-11-12-35-24-18-20(19(27)21(26)31-24)30-25(36-3)32-23(18)33/h4-10,14H,11-13H2,1-3H3,(H,28,29)/t14-/m1/s1. The van der Waals surface area contributed by atoms with Gasteiger partial charge in [-0.05, 0) is 36.9 Å². The summed E-state index contributed by atoms with van der Waals surface area (Å²) < 4.78 is 26.1. The number of hydrogen-bond acceptors (Lipinski definition) is 9. The molecule has 11 heteroatoms. The summed E-state index contributed by atoms with van der Waals surface area (Å²) in [5.41, 5.74) is 2.16. The van der Waals surface area contributed by atoms with Gasteiger partial charge in [-0.15, -0.1) is 0 Å².